The van der Waals surface area contributed by atoms with Crippen molar-refractivity contribution >= 4 is 28.0 Å². The van der Waals surface area contributed by atoms with Gasteiger partial charge in [0.2, 0.25) is 0 Å². The Hall–Kier alpha value is -2.34. The van der Waals surface area contributed by atoms with Crippen LogP contribution in [0.15, 0.2) is 54.6 Å². The molecule has 1 saturated heterocycles. The maximum atomic E-state index is 13.0. The van der Waals surface area contributed by atoms with Crippen LogP contribution in [0.2, 0.25) is 0 Å². The van der Waals surface area contributed by atoms with Gasteiger partial charge in [0.05, 0.1) is 10.8 Å². The van der Waals surface area contributed by atoms with Crippen molar-refractivity contribution in [2.24, 2.45) is 5.92 Å². The van der Waals surface area contributed by atoms with Gasteiger partial charge in [-0.15, -0.1) is 11.3 Å². The smallest absolute Gasteiger partial charge is 0.337 e. The summed E-state index contributed by atoms with van der Waals surface area (Å²) in [7, 11) is 0. The molecule has 0 aliphatic carbocycles. The van der Waals surface area contributed by atoms with E-state index < -0.39 is 12.1 Å². The van der Waals surface area contributed by atoms with Crippen LogP contribution < -0.4 is 0 Å². The van der Waals surface area contributed by atoms with Gasteiger partial charge in [0.1, 0.15) is 0 Å². The van der Waals surface area contributed by atoms with E-state index in [9.17, 15) is 18.0 Å². The van der Waals surface area contributed by atoms with Crippen LogP contribution in [0, 0.1) is 5.92 Å². The SMILES string of the molecule is O=C(c1ccc(-c2cccc3ccccc23)s1)N1CCCC(C(F)(F)F)C1. The predicted molar refractivity (Wildman–Crippen MR) is 102 cm³/mol. The van der Waals surface area contributed by atoms with Crippen LogP contribution in [0.4, 0.5) is 13.2 Å². The highest BCUT2D eigenvalue weighted by Crippen LogP contribution is 2.36. The molecule has 2 aromatic carbocycles. The minimum absolute atomic E-state index is 0.0962. The largest absolute Gasteiger partial charge is 0.393 e. The molecule has 6 heteroatoms. The van der Waals surface area contributed by atoms with Crippen LogP contribution in [-0.4, -0.2) is 30.1 Å². The van der Waals surface area contributed by atoms with Gasteiger partial charge in [0.15, 0.2) is 0 Å². The molecular formula is C21H18F3NOS. The van der Waals surface area contributed by atoms with E-state index in [1.807, 2.05) is 48.5 Å². The first-order valence-electron chi connectivity index (χ1n) is 8.87. The van der Waals surface area contributed by atoms with Crippen molar-refractivity contribution in [1.29, 1.82) is 0 Å². The summed E-state index contributed by atoms with van der Waals surface area (Å²) >= 11 is 1.34. The van der Waals surface area contributed by atoms with E-state index in [4.69, 9.17) is 0 Å². The standard InChI is InChI=1S/C21H18F3NOS/c22-21(23,24)15-7-4-12-25(13-15)20(26)19-11-10-18(27-19)17-9-3-6-14-5-1-2-8-16(14)17/h1-3,5-6,8-11,15H,4,7,12-13H2. The Balaban J connectivity index is 1.60. The highest BCUT2D eigenvalue weighted by Gasteiger charge is 2.42. The van der Waals surface area contributed by atoms with Crippen molar-refractivity contribution in [2.75, 3.05) is 13.1 Å². The molecular weight excluding hydrogens is 371 g/mol. The molecule has 2 nitrogen and oxygen atoms in total. The number of benzene rings is 2. The molecule has 1 amide bonds. The van der Waals surface area contributed by atoms with Gasteiger partial charge in [-0.05, 0) is 41.3 Å². The Morgan fingerprint density at radius 3 is 2.63 bits per heavy atom. The van der Waals surface area contributed by atoms with E-state index in [0.717, 1.165) is 21.2 Å². The molecule has 1 aliphatic rings. The van der Waals surface area contributed by atoms with E-state index in [-0.39, 0.29) is 18.9 Å². The molecule has 1 atom stereocenters. The first kappa shape index (κ1) is 18.0. The zero-order valence-corrected chi connectivity index (χ0v) is 15.3. The number of nitrogens with zero attached hydrogens (tertiary/aromatic N) is 1. The molecule has 0 saturated carbocycles. The van der Waals surface area contributed by atoms with Crippen molar-refractivity contribution in [1.82, 2.24) is 4.90 Å². The Morgan fingerprint density at radius 1 is 1.04 bits per heavy atom. The zero-order valence-electron chi connectivity index (χ0n) is 14.5. The lowest BCUT2D eigenvalue weighted by atomic mass is 9.97. The van der Waals surface area contributed by atoms with Crippen LogP contribution in [-0.2, 0) is 0 Å². The maximum Gasteiger partial charge on any atom is 0.393 e. The summed E-state index contributed by atoms with van der Waals surface area (Å²) in [6, 6.07) is 17.6. The quantitative estimate of drug-likeness (QED) is 0.528. The summed E-state index contributed by atoms with van der Waals surface area (Å²) in [4.78, 5) is 15.5. The molecule has 0 radical (unpaired) electrons. The van der Waals surface area contributed by atoms with Gasteiger partial charge in [0, 0.05) is 18.0 Å². The van der Waals surface area contributed by atoms with E-state index in [1.54, 1.807) is 6.07 Å². The number of hydrogen-bond donors (Lipinski definition) is 0. The average Bonchev–Trinajstić information content (AvgIpc) is 3.16. The van der Waals surface area contributed by atoms with Gasteiger partial charge in [0.25, 0.3) is 5.91 Å². The van der Waals surface area contributed by atoms with Crippen molar-refractivity contribution in [3.05, 3.63) is 59.5 Å². The molecule has 1 unspecified atom stereocenters. The normalized spacial score (nSPS) is 18.0. The number of rotatable bonds is 2. The van der Waals surface area contributed by atoms with Crippen molar-refractivity contribution in [2.45, 2.75) is 19.0 Å². The van der Waals surface area contributed by atoms with Gasteiger partial charge >= 0.3 is 6.18 Å². The summed E-state index contributed by atoms with van der Waals surface area (Å²) in [5.74, 6) is -1.73. The lowest BCUT2D eigenvalue weighted by molar-refractivity contribution is -0.184. The van der Waals surface area contributed by atoms with Gasteiger partial charge in [-0.2, -0.15) is 13.2 Å². The molecule has 4 rings (SSSR count). The second-order valence-electron chi connectivity index (χ2n) is 6.82. The van der Waals surface area contributed by atoms with Gasteiger partial charge in [-0.25, -0.2) is 0 Å². The van der Waals surface area contributed by atoms with E-state index in [1.165, 1.54) is 16.2 Å². The average molecular weight is 389 g/mol. The second-order valence-corrected chi connectivity index (χ2v) is 7.91. The fourth-order valence-electron chi connectivity index (χ4n) is 3.62. The maximum absolute atomic E-state index is 13.0. The summed E-state index contributed by atoms with van der Waals surface area (Å²) < 4.78 is 39.1. The molecule has 1 fully saturated rings. The number of alkyl halides is 3. The first-order valence-corrected chi connectivity index (χ1v) is 9.69. The Labute approximate surface area is 159 Å². The topological polar surface area (TPSA) is 20.3 Å². The first-order chi connectivity index (χ1) is 12.9. The molecule has 1 aliphatic heterocycles. The van der Waals surface area contributed by atoms with Crippen LogP contribution >= 0.6 is 11.3 Å². The summed E-state index contributed by atoms with van der Waals surface area (Å²) in [6.07, 6.45) is -3.76. The zero-order chi connectivity index (χ0) is 19.0. The minimum Gasteiger partial charge on any atom is -0.337 e. The van der Waals surface area contributed by atoms with Crippen molar-refractivity contribution < 1.29 is 18.0 Å². The molecule has 0 N–H and O–H groups in total. The highest BCUT2D eigenvalue weighted by molar-refractivity contribution is 7.17. The number of amides is 1. The van der Waals surface area contributed by atoms with Gasteiger partial charge < -0.3 is 4.90 Å². The summed E-state index contributed by atoms with van der Waals surface area (Å²) in [5.41, 5.74) is 1.03. The van der Waals surface area contributed by atoms with Crippen LogP contribution in [0.5, 0.6) is 0 Å². The number of carbonyl (C=O) groups is 1. The lowest BCUT2D eigenvalue weighted by Gasteiger charge is -2.33. The van der Waals surface area contributed by atoms with Crippen LogP contribution in [0.3, 0.4) is 0 Å². The molecule has 0 bridgehead atoms. The summed E-state index contributed by atoms with van der Waals surface area (Å²) in [5, 5.41) is 2.20. The van der Waals surface area contributed by atoms with Crippen molar-refractivity contribution in [3.8, 4) is 10.4 Å². The van der Waals surface area contributed by atoms with Gasteiger partial charge in [-0.3, -0.25) is 4.79 Å². The molecule has 27 heavy (non-hydrogen) atoms. The Bertz CT molecular complexity index is 973. The second kappa shape index (κ2) is 7.00. The number of halogens is 3. The van der Waals surface area contributed by atoms with E-state index in [2.05, 4.69) is 0 Å². The number of likely N-dealkylation sites (tertiary alicyclic amines) is 1. The van der Waals surface area contributed by atoms with E-state index >= 15 is 0 Å². The third kappa shape index (κ3) is 3.58. The third-order valence-corrected chi connectivity index (χ3v) is 6.15. The fourth-order valence-corrected chi connectivity index (χ4v) is 4.64. The number of fused-ring (bicyclic) bond motifs is 1. The van der Waals surface area contributed by atoms with Crippen LogP contribution in [0.25, 0.3) is 21.2 Å². The van der Waals surface area contributed by atoms with Crippen LogP contribution in [0.1, 0.15) is 22.5 Å². The molecule has 0 spiro atoms. The monoisotopic (exact) mass is 389 g/mol. The van der Waals surface area contributed by atoms with Crippen molar-refractivity contribution in [3.63, 3.8) is 0 Å². The third-order valence-electron chi connectivity index (χ3n) is 5.04. The Kier molecular flexibility index (Phi) is 4.68. The predicted octanol–water partition coefficient (Wildman–Crippen LogP) is 5.98. The summed E-state index contributed by atoms with van der Waals surface area (Å²) in [6.45, 7) is 0.136. The lowest BCUT2D eigenvalue weighted by Crippen LogP contribution is -2.44. The molecule has 2 heterocycles. The number of carbonyl (C=O) groups excluding carboxylic acids is 1. The highest BCUT2D eigenvalue weighted by atomic mass is 32.1. The minimum atomic E-state index is -4.25. The Morgan fingerprint density at radius 2 is 1.81 bits per heavy atom. The molecule has 3 aromatic rings. The molecule has 1 aromatic heterocycles. The number of piperidine rings is 1. The molecule has 140 valence electrons. The van der Waals surface area contributed by atoms with Gasteiger partial charge in [-0.1, -0.05) is 42.5 Å². The number of hydrogen-bond acceptors (Lipinski definition) is 2. The fraction of sp³-hybridized carbons (Fsp3) is 0.286. The number of thiophene rings is 1. The van der Waals surface area contributed by atoms with E-state index in [0.29, 0.717) is 17.8 Å².